The lowest BCUT2D eigenvalue weighted by Gasteiger charge is -2.40. The lowest BCUT2D eigenvalue weighted by Crippen LogP contribution is -2.39. The second kappa shape index (κ2) is 4.13. The lowest BCUT2D eigenvalue weighted by molar-refractivity contribution is 0.0792. The summed E-state index contributed by atoms with van der Waals surface area (Å²) < 4.78 is 0. The van der Waals surface area contributed by atoms with E-state index >= 15 is 0 Å². The molecule has 0 aliphatic carbocycles. The van der Waals surface area contributed by atoms with Crippen molar-refractivity contribution >= 4 is 27.2 Å². The molecule has 0 atom stereocenters. The highest BCUT2D eigenvalue weighted by molar-refractivity contribution is 7.20. The Morgan fingerprint density at radius 2 is 1.84 bits per heavy atom. The van der Waals surface area contributed by atoms with Crippen LogP contribution in [0.2, 0.25) is 0 Å². The summed E-state index contributed by atoms with van der Waals surface area (Å²) in [7, 11) is 0. The molecular weight excluding hydrogens is 258 g/mol. The van der Waals surface area contributed by atoms with Crippen LogP contribution in [0.25, 0.3) is 0 Å². The van der Waals surface area contributed by atoms with Gasteiger partial charge in [0.15, 0.2) is 0 Å². The number of nitrogens with zero attached hydrogens (tertiary/aromatic N) is 2. The molecule has 4 aliphatic heterocycles. The molecule has 2 saturated heterocycles. The van der Waals surface area contributed by atoms with E-state index in [4.69, 9.17) is 5.73 Å². The van der Waals surface area contributed by atoms with Crippen LogP contribution in [0.3, 0.4) is 0 Å². The highest BCUT2D eigenvalue weighted by atomic mass is 32.1. The molecule has 0 radical (unpaired) electrons. The van der Waals surface area contributed by atoms with Crippen molar-refractivity contribution < 1.29 is 4.79 Å². The topological polar surface area (TPSA) is 49.6 Å². The van der Waals surface area contributed by atoms with Gasteiger partial charge in [-0.15, -0.1) is 11.3 Å². The van der Waals surface area contributed by atoms with Crippen LogP contribution in [-0.2, 0) is 0 Å². The Kier molecular flexibility index (Phi) is 2.52. The zero-order valence-corrected chi connectivity index (χ0v) is 11.8. The number of carbonyl (C=O) groups excluding carboxylic acids is 1. The first-order valence-electron chi connectivity index (χ1n) is 7.22. The van der Waals surface area contributed by atoms with Crippen LogP contribution in [0, 0.1) is 0 Å². The van der Waals surface area contributed by atoms with Crippen molar-refractivity contribution in [3.05, 3.63) is 11.1 Å². The lowest BCUT2D eigenvalue weighted by atomic mass is 9.83. The first-order chi connectivity index (χ1) is 9.25. The average molecular weight is 277 g/mol. The third-order valence-corrected chi connectivity index (χ3v) is 5.85. The zero-order valence-electron chi connectivity index (χ0n) is 11.0. The number of anilines is 2. The monoisotopic (exact) mass is 277 g/mol. The van der Waals surface area contributed by atoms with Gasteiger partial charge in [0, 0.05) is 31.7 Å². The average Bonchev–Trinajstić information content (AvgIpc) is 3.06. The van der Waals surface area contributed by atoms with Gasteiger partial charge in [-0.05, 0) is 31.6 Å². The standard InChI is InChI=1S/C14H19N3OS/c15-12-11(13(18)16-5-1-2-6-16)10-9-3-7-17(8-4-9)14(10)19-12/h9H,1-8,15H2. The molecule has 1 amide bonds. The third kappa shape index (κ3) is 1.60. The van der Waals surface area contributed by atoms with E-state index in [0.717, 1.165) is 49.6 Å². The second-order valence-electron chi connectivity index (χ2n) is 5.82. The summed E-state index contributed by atoms with van der Waals surface area (Å²) in [6, 6.07) is 0. The molecule has 5 heteroatoms. The summed E-state index contributed by atoms with van der Waals surface area (Å²) in [5, 5.41) is 2.02. The van der Waals surface area contributed by atoms with Crippen LogP contribution in [-0.4, -0.2) is 37.0 Å². The fourth-order valence-corrected chi connectivity index (χ4v) is 4.93. The number of hydrogen-bond donors (Lipinski definition) is 1. The van der Waals surface area contributed by atoms with E-state index in [-0.39, 0.29) is 5.91 Å². The predicted octanol–water partition coefficient (Wildman–Crippen LogP) is 2.26. The zero-order chi connectivity index (χ0) is 13.0. The molecule has 4 nitrogen and oxygen atoms in total. The molecule has 102 valence electrons. The molecule has 0 unspecified atom stereocenters. The summed E-state index contributed by atoms with van der Waals surface area (Å²) in [6.45, 7) is 4.07. The molecule has 19 heavy (non-hydrogen) atoms. The van der Waals surface area contributed by atoms with Crippen molar-refractivity contribution in [2.24, 2.45) is 0 Å². The number of thiophene rings is 1. The molecule has 2 N–H and O–H groups in total. The van der Waals surface area contributed by atoms with Crippen molar-refractivity contribution in [2.75, 3.05) is 36.8 Å². The fourth-order valence-electron chi connectivity index (χ4n) is 3.73. The van der Waals surface area contributed by atoms with Crippen molar-refractivity contribution in [3.63, 3.8) is 0 Å². The number of likely N-dealkylation sites (tertiary alicyclic amines) is 1. The number of carbonyl (C=O) groups is 1. The molecule has 1 aromatic rings. The quantitative estimate of drug-likeness (QED) is 0.856. The van der Waals surface area contributed by atoms with Crippen LogP contribution in [0.15, 0.2) is 0 Å². The van der Waals surface area contributed by atoms with Gasteiger partial charge >= 0.3 is 0 Å². The van der Waals surface area contributed by atoms with Gasteiger partial charge in [0.1, 0.15) is 5.00 Å². The molecule has 2 fully saturated rings. The van der Waals surface area contributed by atoms with E-state index in [9.17, 15) is 4.79 Å². The number of piperidine rings is 1. The molecule has 0 aromatic carbocycles. The van der Waals surface area contributed by atoms with Crippen molar-refractivity contribution in [1.82, 2.24) is 4.90 Å². The number of fused-ring (bicyclic) bond motifs is 2. The van der Waals surface area contributed by atoms with Crippen molar-refractivity contribution in [3.8, 4) is 0 Å². The van der Waals surface area contributed by atoms with E-state index in [1.807, 2.05) is 4.90 Å². The molecule has 4 aliphatic rings. The molecule has 2 bridgehead atoms. The van der Waals surface area contributed by atoms with E-state index in [1.165, 1.54) is 23.4 Å². The maximum atomic E-state index is 12.7. The van der Waals surface area contributed by atoms with E-state index in [1.54, 1.807) is 11.3 Å². The Morgan fingerprint density at radius 1 is 1.16 bits per heavy atom. The van der Waals surface area contributed by atoms with Gasteiger partial charge in [0.2, 0.25) is 0 Å². The highest BCUT2D eigenvalue weighted by Gasteiger charge is 2.38. The normalized spacial score (nSPS) is 22.1. The number of nitrogen functional groups attached to an aromatic ring is 1. The Balaban J connectivity index is 1.78. The smallest absolute Gasteiger partial charge is 0.257 e. The van der Waals surface area contributed by atoms with Gasteiger partial charge in [0.05, 0.1) is 10.6 Å². The van der Waals surface area contributed by atoms with E-state index in [0.29, 0.717) is 5.92 Å². The van der Waals surface area contributed by atoms with Crippen LogP contribution < -0.4 is 10.6 Å². The molecule has 5 rings (SSSR count). The number of nitrogens with two attached hydrogens (primary N) is 1. The van der Waals surface area contributed by atoms with Crippen LogP contribution >= 0.6 is 11.3 Å². The first kappa shape index (κ1) is 11.6. The largest absolute Gasteiger partial charge is 0.390 e. The molecule has 1 aromatic heterocycles. The van der Waals surface area contributed by atoms with Gasteiger partial charge < -0.3 is 15.5 Å². The SMILES string of the molecule is Nc1sc2c(c1C(=O)N1CCCC1)C1CCN2CC1. The summed E-state index contributed by atoms with van der Waals surface area (Å²) in [5.41, 5.74) is 8.30. The molecule has 0 saturated carbocycles. The summed E-state index contributed by atoms with van der Waals surface area (Å²) in [6.07, 6.45) is 4.63. The molecule has 0 spiro atoms. The summed E-state index contributed by atoms with van der Waals surface area (Å²) in [4.78, 5) is 17.1. The fraction of sp³-hybridized carbons (Fsp3) is 0.643. The van der Waals surface area contributed by atoms with Crippen molar-refractivity contribution in [1.29, 1.82) is 0 Å². The number of hydrogen-bond acceptors (Lipinski definition) is 4. The molecular formula is C14H19N3OS. The van der Waals surface area contributed by atoms with E-state index < -0.39 is 0 Å². The predicted molar refractivity (Wildman–Crippen MR) is 78.1 cm³/mol. The van der Waals surface area contributed by atoms with Gasteiger partial charge in [-0.2, -0.15) is 0 Å². The van der Waals surface area contributed by atoms with Crippen LogP contribution in [0.5, 0.6) is 0 Å². The Labute approximate surface area is 117 Å². The maximum Gasteiger partial charge on any atom is 0.257 e. The van der Waals surface area contributed by atoms with Crippen molar-refractivity contribution in [2.45, 2.75) is 31.6 Å². The second-order valence-corrected chi connectivity index (χ2v) is 6.85. The van der Waals surface area contributed by atoms with Gasteiger partial charge in [-0.1, -0.05) is 0 Å². The highest BCUT2D eigenvalue weighted by Crippen LogP contribution is 2.51. The summed E-state index contributed by atoms with van der Waals surface area (Å²) >= 11 is 1.62. The minimum absolute atomic E-state index is 0.182. The van der Waals surface area contributed by atoms with Gasteiger partial charge in [-0.3, -0.25) is 4.79 Å². The maximum absolute atomic E-state index is 12.7. The first-order valence-corrected chi connectivity index (χ1v) is 8.03. The Bertz CT molecular complexity index is 525. The minimum atomic E-state index is 0.182. The Hall–Kier alpha value is -1.23. The Morgan fingerprint density at radius 3 is 2.53 bits per heavy atom. The van der Waals surface area contributed by atoms with Gasteiger partial charge in [0.25, 0.3) is 5.91 Å². The number of amides is 1. The van der Waals surface area contributed by atoms with Crippen LogP contribution in [0.1, 0.15) is 47.5 Å². The number of rotatable bonds is 1. The molecule has 5 heterocycles. The third-order valence-electron chi connectivity index (χ3n) is 4.75. The summed E-state index contributed by atoms with van der Waals surface area (Å²) in [5.74, 6) is 0.747. The minimum Gasteiger partial charge on any atom is -0.390 e. The van der Waals surface area contributed by atoms with Crippen LogP contribution in [0.4, 0.5) is 10.0 Å². The van der Waals surface area contributed by atoms with E-state index in [2.05, 4.69) is 4.90 Å². The van der Waals surface area contributed by atoms with Gasteiger partial charge in [-0.25, -0.2) is 0 Å².